The van der Waals surface area contributed by atoms with Crippen LogP contribution in [0.2, 0.25) is 0 Å². The van der Waals surface area contributed by atoms with Crippen LogP contribution in [0.25, 0.3) is 0 Å². The summed E-state index contributed by atoms with van der Waals surface area (Å²) in [6.45, 7) is 3.88. The van der Waals surface area contributed by atoms with Crippen molar-refractivity contribution in [3.63, 3.8) is 0 Å². The van der Waals surface area contributed by atoms with Crippen molar-refractivity contribution in [2.45, 2.75) is 80.4 Å². The van der Waals surface area contributed by atoms with Gasteiger partial charge < -0.3 is 35.4 Å². The van der Waals surface area contributed by atoms with Gasteiger partial charge in [-0.25, -0.2) is 9.59 Å². The van der Waals surface area contributed by atoms with Gasteiger partial charge >= 0.3 is 11.9 Å². The third kappa shape index (κ3) is 3.99. The highest BCUT2D eigenvalue weighted by Gasteiger charge is 2.74. The smallest absolute Gasteiger partial charge is 0.335 e. The highest BCUT2D eigenvalue weighted by molar-refractivity contribution is 6.21. The molecule has 234 valence electrons. The lowest BCUT2D eigenvalue weighted by Gasteiger charge is -2.64. The molecule has 7 rings (SSSR count). The van der Waals surface area contributed by atoms with Crippen LogP contribution in [0.15, 0.2) is 36.4 Å². The number of rotatable bonds is 6. The van der Waals surface area contributed by atoms with Crippen molar-refractivity contribution in [1.29, 1.82) is 0 Å². The Bertz CT molecular complexity index is 1510. The Morgan fingerprint density at radius 2 is 1.61 bits per heavy atom. The molecule has 1 spiro atoms. The number of benzene rings is 2. The second-order valence-corrected chi connectivity index (χ2v) is 12.1. The van der Waals surface area contributed by atoms with E-state index in [1.807, 2.05) is 6.07 Å². The number of hydrogen-bond acceptors (Lipinski definition) is 10. The van der Waals surface area contributed by atoms with Crippen LogP contribution in [0, 0.1) is 0 Å². The number of carbonyl (C=O) groups excluding carboxylic acids is 2. The summed E-state index contributed by atoms with van der Waals surface area (Å²) in [5, 5.41) is 55.8. The molecule has 3 unspecified atom stereocenters. The number of carbonyl (C=O) groups is 4. The van der Waals surface area contributed by atoms with Gasteiger partial charge in [0.15, 0.2) is 23.7 Å². The molecular formula is C31H34N2O11. The summed E-state index contributed by atoms with van der Waals surface area (Å²) >= 11 is 0. The number of phenolic OH excluding ortho intramolecular Hbond substituents is 1. The number of likely N-dealkylation sites (tertiary alicyclic amines) is 1. The molecule has 0 radical (unpaired) electrons. The average Bonchev–Trinajstić information content (AvgIpc) is 3.48. The zero-order valence-electron chi connectivity index (χ0n) is 23.9. The van der Waals surface area contributed by atoms with Crippen molar-refractivity contribution in [3.8, 4) is 11.5 Å². The van der Waals surface area contributed by atoms with Crippen LogP contribution >= 0.6 is 0 Å². The zero-order valence-corrected chi connectivity index (χ0v) is 23.9. The molecule has 0 aromatic heterocycles. The molecule has 3 heterocycles. The largest absolute Gasteiger partial charge is 0.504 e. The number of ether oxygens (including phenoxy) is 1. The molecule has 6 N–H and O–H groups in total. The third-order valence-corrected chi connectivity index (χ3v) is 10.0. The number of fused-ring (bicyclic) bond motifs is 1. The SMILES string of the molecule is CCCN1CC[C@]23c4c5ccc(O)c4O[C@H]2[C@H](N2C(=O)c4ccccc4C2=O)CCC3(O)[C@H]1C5.O=C(O)C(O)C(O)C(=O)O. The summed E-state index contributed by atoms with van der Waals surface area (Å²) in [7, 11) is 0. The van der Waals surface area contributed by atoms with Gasteiger partial charge in [0.25, 0.3) is 11.8 Å². The van der Waals surface area contributed by atoms with Gasteiger partial charge in [-0.1, -0.05) is 25.1 Å². The maximum absolute atomic E-state index is 13.4. The summed E-state index contributed by atoms with van der Waals surface area (Å²) in [4.78, 5) is 50.1. The molecule has 5 aliphatic rings. The van der Waals surface area contributed by atoms with Crippen molar-refractivity contribution in [3.05, 3.63) is 58.7 Å². The van der Waals surface area contributed by atoms with Crippen molar-refractivity contribution >= 4 is 23.8 Å². The number of amides is 2. The van der Waals surface area contributed by atoms with Crippen LogP contribution in [-0.2, 0) is 21.4 Å². The fraction of sp³-hybridized carbons (Fsp3) is 0.484. The minimum atomic E-state index is -2.27. The number of carboxylic acids is 2. The van der Waals surface area contributed by atoms with Gasteiger partial charge in [0, 0.05) is 11.6 Å². The summed E-state index contributed by atoms with van der Waals surface area (Å²) in [5.41, 5.74) is 1.02. The van der Waals surface area contributed by atoms with E-state index in [1.54, 1.807) is 30.3 Å². The average molecular weight is 611 g/mol. The molecule has 1 saturated carbocycles. The van der Waals surface area contributed by atoms with E-state index in [4.69, 9.17) is 25.2 Å². The molecule has 2 aromatic rings. The van der Waals surface area contributed by atoms with Gasteiger partial charge in [-0.2, -0.15) is 0 Å². The summed E-state index contributed by atoms with van der Waals surface area (Å²) in [6.07, 6.45) is -1.82. The molecule has 1 saturated heterocycles. The van der Waals surface area contributed by atoms with Crippen LogP contribution in [-0.4, -0.2) is 113 Å². The number of imide groups is 1. The van der Waals surface area contributed by atoms with Gasteiger partial charge in [-0.05, 0) is 69.0 Å². The van der Waals surface area contributed by atoms with Gasteiger partial charge in [-0.15, -0.1) is 0 Å². The minimum absolute atomic E-state index is 0.0559. The van der Waals surface area contributed by atoms with Crippen LogP contribution in [0.5, 0.6) is 11.5 Å². The summed E-state index contributed by atoms with van der Waals surface area (Å²) < 4.78 is 6.52. The number of aliphatic hydroxyl groups is 3. The molecule has 13 heteroatoms. The fourth-order valence-electron chi connectivity index (χ4n) is 8.20. The van der Waals surface area contributed by atoms with Gasteiger partial charge in [0.05, 0.1) is 28.2 Å². The van der Waals surface area contributed by atoms with Gasteiger partial charge in [0.1, 0.15) is 6.10 Å². The summed E-state index contributed by atoms with van der Waals surface area (Å²) in [5.74, 6) is -3.66. The molecule has 2 aromatic carbocycles. The Morgan fingerprint density at radius 3 is 2.18 bits per heavy atom. The lowest BCUT2D eigenvalue weighted by molar-refractivity contribution is -0.195. The van der Waals surface area contributed by atoms with E-state index in [0.717, 1.165) is 30.6 Å². The van der Waals surface area contributed by atoms with E-state index in [9.17, 15) is 29.4 Å². The van der Waals surface area contributed by atoms with Crippen molar-refractivity contribution < 1.29 is 54.6 Å². The van der Waals surface area contributed by atoms with Crippen LogP contribution < -0.4 is 4.74 Å². The van der Waals surface area contributed by atoms with Crippen LogP contribution in [0.1, 0.15) is 64.4 Å². The first-order chi connectivity index (χ1) is 20.9. The number of aromatic hydroxyl groups is 1. The molecule has 44 heavy (non-hydrogen) atoms. The normalized spacial score (nSPS) is 30.8. The molecule has 3 aliphatic heterocycles. The lowest BCUT2D eigenvalue weighted by Crippen LogP contribution is -2.78. The maximum Gasteiger partial charge on any atom is 0.335 e. The standard InChI is InChI=1S/C27H28N2O5.C4H6O6/c1-2-12-28-13-11-26-21-15-7-8-19(30)22(21)34-23(26)18(9-10-27(26,33)20(28)14-15)29-24(31)16-5-3-4-6-17(16)25(29)32;5-1(3(7)8)2(6)4(9)10/h3-8,18,20,23,30,33H,2,9-14H2,1H3;1-2,5-6H,(H,7,8)(H,9,10)/t18-,20-,23+,26+,27?;/m1./s1. The predicted octanol–water partition coefficient (Wildman–Crippen LogP) is 0.498. The molecule has 2 aliphatic carbocycles. The molecule has 7 atom stereocenters. The maximum atomic E-state index is 13.4. The number of aliphatic carboxylic acids is 2. The molecule has 13 nitrogen and oxygen atoms in total. The number of carboxylic acid groups (broad SMARTS) is 2. The highest BCUT2D eigenvalue weighted by Crippen LogP contribution is 2.66. The number of aliphatic hydroxyl groups excluding tert-OH is 2. The second kappa shape index (κ2) is 10.5. The molecule has 2 amide bonds. The number of phenols is 1. The van der Waals surface area contributed by atoms with Crippen molar-refractivity contribution in [2.75, 3.05) is 13.1 Å². The minimum Gasteiger partial charge on any atom is -0.504 e. The Balaban J connectivity index is 0.000000299. The van der Waals surface area contributed by atoms with Crippen LogP contribution in [0.4, 0.5) is 0 Å². The first kappa shape index (κ1) is 30.0. The lowest BCUT2D eigenvalue weighted by atomic mass is 9.48. The molecule has 2 fully saturated rings. The predicted molar refractivity (Wildman–Crippen MR) is 150 cm³/mol. The van der Waals surface area contributed by atoms with E-state index < -0.39 is 47.3 Å². The number of nitrogens with zero attached hydrogens (tertiary/aromatic N) is 2. The van der Waals surface area contributed by atoms with E-state index in [1.165, 1.54) is 4.90 Å². The Labute approximate surface area is 251 Å². The van der Waals surface area contributed by atoms with Gasteiger partial charge in [0.2, 0.25) is 0 Å². The van der Waals surface area contributed by atoms with E-state index in [-0.39, 0.29) is 23.6 Å². The number of hydrogen-bond donors (Lipinski definition) is 6. The second-order valence-electron chi connectivity index (χ2n) is 12.1. The Morgan fingerprint density at radius 1 is 1.00 bits per heavy atom. The Hall–Kier alpha value is -4.04. The van der Waals surface area contributed by atoms with E-state index in [0.29, 0.717) is 42.6 Å². The zero-order chi connectivity index (χ0) is 31.7. The Kier molecular flexibility index (Phi) is 7.19. The molecular weight excluding hydrogens is 576 g/mol. The first-order valence-electron chi connectivity index (χ1n) is 14.7. The van der Waals surface area contributed by atoms with E-state index >= 15 is 0 Å². The first-order valence-corrected chi connectivity index (χ1v) is 14.7. The topological polar surface area (TPSA) is 205 Å². The quantitative estimate of drug-likeness (QED) is 0.247. The summed E-state index contributed by atoms with van der Waals surface area (Å²) in [6, 6.07) is 9.99. The van der Waals surface area contributed by atoms with E-state index in [2.05, 4.69) is 11.8 Å². The third-order valence-electron chi connectivity index (χ3n) is 10.0. The monoisotopic (exact) mass is 610 g/mol. The van der Waals surface area contributed by atoms with Gasteiger partial charge in [-0.3, -0.25) is 19.4 Å². The number of piperidine rings is 1. The van der Waals surface area contributed by atoms with Crippen molar-refractivity contribution in [1.82, 2.24) is 9.80 Å². The van der Waals surface area contributed by atoms with Crippen LogP contribution in [0.3, 0.4) is 0 Å². The highest BCUT2D eigenvalue weighted by atomic mass is 16.5. The fourth-order valence-corrected chi connectivity index (χ4v) is 8.20. The van der Waals surface area contributed by atoms with Crippen molar-refractivity contribution in [2.24, 2.45) is 0 Å². The molecule has 2 bridgehead atoms.